The average Bonchev–Trinajstić information content (AvgIpc) is 2.39. The lowest BCUT2D eigenvalue weighted by atomic mass is 9.78. The molecule has 1 aliphatic carbocycles. The lowest BCUT2D eigenvalue weighted by molar-refractivity contribution is 0.0178. The van der Waals surface area contributed by atoms with E-state index in [9.17, 15) is 0 Å². The molecule has 2 aliphatic rings. The number of rotatable bonds is 5. The van der Waals surface area contributed by atoms with Gasteiger partial charge in [-0.15, -0.1) is 0 Å². The zero-order valence-corrected chi connectivity index (χ0v) is 14.0. The van der Waals surface area contributed by atoms with Crippen LogP contribution in [0.15, 0.2) is 0 Å². The minimum atomic E-state index is 0.413. The molecule has 118 valence electrons. The quantitative estimate of drug-likeness (QED) is 0.839. The molecule has 1 saturated heterocycles. The second-order valence-electron chi connectivity index (χ2n) is 7.52. The first-order valence-electron chi connectivity index (χ1n) is 8.54. The van der Waals surface area contributed by atoms with E-state index in [-0.39, 0.29) is 0 Å². The van der Waals surface area contributed by atoms with Gasteiger partial charge in [-0.2, -0.15) is 0 Å². The van der Waals surface area contributed by atoms with Gasteiger partial charge in [0.2, 0.25) is 0 Å². The van der Waals surface area contributed by atoms with Gasteiger partial charge in [-0.3, -0.25) is 4.90 Å². The van der Waals surface area contributed by atoms with Crippen molar-refractivity contribution in [1.29, 1.82) is 0 Å². The Kier molecular flexibility index (Phi) is 5.88. The minimum Gasteiger partial charge on any atom is -0.384 e. The van der Waals surface area contributed by atoms with Crippen molar-refractivity contribution in [3.05, 3.63) is 0 Å². The van der Waals surface area contributed by atoms with Crippen molar-refractivity contribution >= 4 is 0 Å². The molecule has 20 heavy (non-hydrogen) atoms. The fourth-order valence-corrected chi connectivity index (χ4v) is 4.17. The summed E-state index contributed by atoms with van der Waals surface area (Å²) in [5, 5.41) is 3.93. The van der Waals surface area contributed by atoms with Crippen molar-refractivity contribution in [2.45, 2.75) is 64.5 Å². The van der Waals surface area contributed by atoms with E-state index >= 15 is 0 Å². The summed E-state index contributed by atoms with van der Waals surface area (Å²) in [7, 11) is 1.82. The highest BCUT2D eigenvalue weighted by atomic mass is 16.5. The predicted octanol–water partition coefficient (Wildman–Crippen LogP) is 2.90. The van der Waals surface area contributed by atoms with E-state index < -0.39 is 0 Å². The van der Waals surface area contributed by atoms with Crippen LogP contribution in [0.3, 0.4) is 0 Å². The number of ether oxygens (including phenoxy) is 1. The van der Waals surface area contributed by atoms with Crippen molar-refractivity contribution in [3.8, 4) is 0 Å². The molecule has 1 N–H and O–H groups in total. The molecule has 3 heteroatoms. The molecular weight excluding hydrogens is 248 g/mol. The molecule has 2 atom stereocenters. The van der Waals surface area contributed by atoms with Crippen LogP contribution in [0.4, 0.5) is 0 Å². The molecule has 0 aromatic carbocycles. The van der Waals surface area contributed by atoms with Gasteiger partial charge in [0.1, 0.15) is 0 Å². The van der Waals surface area contributed by atoms with Crippen molar-refractivity contribution in [2.24, 2.45) is 11.8 Å². The van der Waals surface area contributed by atoms with Gasteiger partial charge in [0.05, 0.1) is 0 Å². The van der Waals surface area contributed by atoms with E-state index in [2.05, 4.69) is 31.0 Å². The van der Waals surface area contributed by atoms with E-state index in [4.69, 9.17) is 4.74 Å². The SMILES string of the molecule is COCC(C)CN1CC2(CCCCC2)NCC1C(C)C. The maximum absolute atomic E-state index is 5.34. The Balaban J connectivity index is 2.01. The Labute approximate surface area is 125 Å². The van der Waals surface area contributed by atoms with Crippen LogP contribution < -0.4 is 5.32 Å². The smallest absolute Gasteiger partial charge is 0.0500 e. The Hall–Kier alpha value is -0.120. The van der Waals surface area contributed by atoms with Crippen LogP contribution in [0.2, 0.25) is 0 Å². The Bertz CT molecular complexity index is 287. The van der Waals surface area contributed by atoms with Crippen LogP contribution in [0.5, 0.6) is 0 Å². The highest BCUT2D eigenvalue weighted by molar-refractivity contribution is 5.00. The molecule has 1 aliphatic heterocycles. The number of nitrogens with zero attached hydrogens (tertiary/aromatic N) is 1. The van der Waals surface area contributed by atoms with Gasteiger partial charge in [0, 0.05) is 44.9 Å². The minimum absolute atomic E-state index is 0.413. The van der Waals surface area contributed by atoms with Crippen molar-refractivity contribution in [2.75, 3.05) is 33.4 Å². The zero-order chi connectivity index (χ0) is 14.6. The van der Waals surface area contributed by atoms with Crippen LogP contribution in [0, 0.1) is 11.8 Å². The Morgan fingerprint density at radius 1 is 1.20 bits per heavy atom. The number of nitrogens with one attached hydrogen (secondary N) is 1. The van der Waals surface area contributed by atoms with E-state index in [1.54, 1.807) is 0 Å². The van der Waals surface area contributed by atoms with E-state index in [0.29, 0.717) is 17.5 Å². The summed E-state index contributed by atoms with van der Waals surface area (Å²) >= 11 is 0. The van der Waals surface area contributed by atoms with Crippen molar-refractivity contribution in [3.63, 3.8) is 0 Å². The molecule has 2 fully saturated rings. The normalized spacial score (nSPS) is 28.9. The molecule has 1 heterocycles. The molecule has 0 aromatic rings. The van der Waals surface area contributed by atoms with Gasteiger partial charge in [0.25, 0.3) is 0 Å². The number of hydrogen-bond donors (Lipinski definition) is 1. The van der Waals surface area contributed by atoms with E-state index in [1.807, 2.05) is 7.11 Å². The summed E-state index contributed by atoms with van der Waals surface area (Å²) in [4.78, 5) is 2.76. The van der Waals surface area contributed by atoms with Gasteiger partial charge in [-0.05, 0) is 24.7 Å². The molecule has 0 radical (unpaired) electrons. The molecular formula is C17H34N2O. The predicted molar refractivity (Wildman–Crippen MR) is 85.1 cm³/mol. The third-order valence-corrected chi connectivity index (χ3v) is 5.24. The molecule has 3 nitrogen and oxygen atoms in total. The number of piperazine rings is 1. The first kappa shape index (κ1) is 16.3. The lowest BCUT2D eigenvalue weighted by Crippen LogP contribution is -2.66. The molecule has 2 rings (SSSR count). The van der Waals surface area contributed by atoms with Crippen LogP contribution in [-0.4, -0.2) is 49.8 Å². The first-order chi connectivity index (χ1) is 9.56. The molecule has 0 bridgehead atoms. The van der Waals surface area contributed by atoms with Crippen molar-refractivity contribution in [1.82, 2.24) is 10.2 Å². The summed E-state index contributed by atoms with van der Waals surface area (Å²) in [6.45, 7) is 11.5. The monoisotopic (exact) mass is 282 g/mol. The second-order valence-corrected chi connectivity index (χ2v) is 7.52. The molecule has 2 unspecified atom stereocenters. The standard InChI is InChI=1S/C17H34N2O/c1-14(2)16-10-18-17(8-6-5-7-9-17)13-19(16)11-15(3)12-20-4/h14-16,18H,5-13H2,1-4H3. The maximum Gasteiger partial charge on any atom is 0.0500 e. The van der Waals surface area contributed by atoms with Crippen LogP contribution >= 0.6 is 0 Å². The van der Waals surface area contributed by atoms with Gasteiger partial charge < -0.3 is 10.1 Å². The van der Waals surface area contributed by atoms with Gasteiger partial charge in [-0.1, -0.05) is 40.0 Å². The summed E-state index contributed by atoms with van der Waals surface area (Å²) in [6.07, 6.45) is 6.97. The molecule has 0 aromatic heterocycles. The molecule has 1 saturated carbocycles. The second kappa shape index (κ2) is 7.24. The number of methoxy groups -OCH3 is 1. The summed E-state index contributed by atoms with van der Waals surface area (Å²) in [5.74, 6) is 1.35. The van der Waals surface area contributed by atoms with Gasteiger partial charge in [0.15, 0.2) is 0 Å². The Morgan fingerprint density at radius 3 is 2.50 bits per heavy atom. The van der Waals surface area contributed by atoms with Crippen LogP contribution in [0.1, 0.15) is 52.9 Å². The fourth-order valence-electron chi connectivity index (χ4n) is 4.17. The highest BCUT2D eigenvalue weighted by Crippen LogP contribution is 2.33. The third-order valence-electron chi connectivity index (χ3n) is 5.24. The van der Waals surface area contributed by atoms with Crippen molar-refractivity contribution < 1.29 is 4.74 Å². The maximum atomic E-state index is 5.34. The lowest BCUT2D eigenvalue weighted by Gasteiger charge is -2.51. The zero-order valence-electron chi connectivity index (χ0n) is 14.0. The molecule has 0 amide bonds. The highest BCUT2D eigenvalue weighted by Gasteiger charge is 2.40. The van der Waals surface area contributed by atoms with E-state index in [1.165, 1.54) is 45.2 Å². The third kappa shape index (κ3) is 3.96. The molecule has 1 spiro atoms. The number of hydrogen-bond acceptors (Lipinski definition) is 3. The van der Waals surface area contributed by atoms with Crippen LogP contribution in [0.25, 0.3) is 0 Å². The first-order valence-corrected chi connectivity index (χ1v) is 8.54. The van der Waals surface area contributed by atoms with E-state index in [0.717, 1.165) is 19.1 Å². The van der Waals surface area contributed by atoms with Gasteiger partial charge in [-0.25, -0.2) is 0 Å². The Morgan fingerprint density at radius 2 is 1.90 bits per heavy atom. The summed E-state index contributed by atoms with van der Waals surface area (Å²) < 4.78 is 5.34. The topological polar surface area (TPSA) is 24.5 Å². The summed E-state index contributed by atoms with van der Waals surface area (Å²) in [6, 6.07) is 0.682. The van der Waals surface area contributed by atoms with Crippen LogP contribution in [-0.2, 0) is 4.74 Å². The fraction of sp³-hybridized carbons (Fsp3) is 1.00. The average molecular weight is 282 g/mol. The summed E-state index contributed by atoms with van der Waals surface area (Å²) in [5.41, 5.74) is 0.413. The largest absolute Gasteiger partial charge is 0.384 e. The van der Waals surface area contributed by atoms with Gasteiger partial charge >= 0.3 is 0 Å².